The minimum atomic E-state index is -4.64. The Labute approximate surface area is 166 Å². The number of rotatable bonds is 4. The Hall–Kier alpha value is -2.93. The summed E-state index contributed by atoms with van der Waals surface area (Å²) < 4.78 is 42.1. The van der Waals surface area contributed by atoms with Gasteiger partial charge in [0.05, 0.1) is 5.52 Å². The third-order valence-corrected chi connectivity index (χ3v) is 5.44. The van der Waals surface area contributed by atoms with Gasteiger partial charge in [0.1, 0.15) is 0 Å². The molecule has 1 aromatic heterocycles. The van der Waals surface area contributed by atoms with Crippen molar-refractivity contribution in [3.05, 3.63) is 72.4 Å². The number of nitrogens with zero attached hydrogens (tertiary/aromatic N) is 2. The van der Waals surface area contributed by atoms with E-state index in [1.54, 1.807) is 41.4 Å². The van der Waals surface area contributed by atoms with Crippen LogP contribution in [0.4, 0.5) is 18.9 Å². The summed E-state index contributed by atoms with van der Waals surface area (Å²) in [6, 6.07) is 17.7. The molecule has 150 valence electrons. The zero-order valence-electron chi connectivity index (χ0n) is 15.6. The van der Waals surface area contributed by atoms with Crippen molar-refractivity contribution >= 4 is 22.5 Å². The summed E-state index contributed by atoms with van der Waals surface area (Å²) >= 11 is 0. The van der Waals surface area contributed by atoms with E-state index in [1.165, 1.54) is 0 Å². The van der Waals surface area contributed by atoms with Crippen LogP contribution in [0.15, 0.2) is 66.9 Å². The van der Waals surface area contributed by atoms with Gasteiger partial charge in [-0.05, 0) is 42.8 Å². The van der Waals surface area contributed by atoms with Crippen LogP contribution in [0, 0.1) is 5.41 Å². The first kappa shape index (κ1) is 19.4. The SMILES string of the molecule is O=C(Nc1ccc2ncccc2c1)C1(C(F)(F)F)CCN(Cc2ccccc2)C1. The fraction of sp³-hybridized carbons (Fsp3) is 0.273. The molecule has 0 bridgehead atoms. The van der Waals surface area contributed by atoms with Gasteiger partial charge in [-0.2, -0.15) is 13.2 Å². The number of likely N-dealkylation sites (tertiary alicyclic amines) is 1. The first-order chi connectivity index (χ1) is 13.9. The predicted octanol–water partition coefficient (Wildman–Crippen LogP) is 4.63. The van der Waals surface area contributed by atoms with Crippen LogP contribution >= 0.6 is 0 Å². The lowest BCUT2D eigenvalue weighted by atomic mass is 9.85. The number of benzene rings is 2. The number of amides is 1. The second kappa shape index (κ2) is 7.48. The molecule has 7 heteroatoms. The zero-order valence-corrected chi connectivity index (χ0v) is 15.6. The molecule has 0 saturated carbocycles. The van der Waals surface area contributed by atoms with E-state index < -0.39 is 17.5 Å². The van der Waals surface area contributed by atoms with Crippen molar-refractivity contribution in [2.45, 2.75) is 19.1 Å². The fourth-order valence-corrected chi connectivity index (χ4v) is 3.81. The fourth-order valence-electron chi connectivity index (χ4n) is 3.81. The van der Waals surface area contributed by atoms with E-state index in [-0.39, 0.29) is 19.5 Å². The Morgan fingerprint density at radius 1 is 1.10 bits per heavy atom. The highest BCUT2D eigenvalue weighted by Gasteiger charge is 2.62. The van der Waals surface area contributed by atoms with Gasteiger partial charge in [0.25, 0.3) is 0 Å². The quantitative estimate of drug-likeness (QED) is 0.696. The van der Waals surface area contributed by atoms with E-state index in [1.807, 2.05) is 30.3 Å². The number of hydrogen-bond donors (Lipinski definition) is 1. The Kier molecular flexibility index (Phi) is 5.00. The van der Waals surface area contributed by atoms with Gasteiger partial charge in [-0.3, -0.25) is 14.7 Å². The Balaban J connectivity index is 1.55. The van der Waals surface area contributed by atoms with Gasteiger partial charge in [0.15, 0.2) is 5.41 Å². The first-order valence-corrected chi connectivity index (χ1v) is 9.37. The van der Waals surface area contributed by atoms with E-state index >= 15 is 0 Å². The second-order valence-corrected chi connectivity index (χ2v) is 7.39. The summed E-state index contributed by atoms with van der Waals surface area (Å²) in [6.45, 7) is 0.240. The van der Waals surface area contributed by atoms with Crippen LogP contribution in [0.2, 0.25) is 0 Å². The van der Waals surface area contributed by atoms with Crippen molar-refractivity contribution in [3.8, 4) is 0 Å². The minimum Gasteiger partial charge on any atom is -0.325 e. The molecule has 3 aromatic rings. The molecule has 4 nitrogen and oxygen atoms in total. The number of nitrogens with one attached hydrogen (secondary N) is 1. The third-order valence-electron chi connectivity index (χ3n) is 5.44. The molecule has 0 radical (unpaired) electrons. The van der Waals surface area contributed by atoms with Crippen molar-refractivity contribution in [1.29, 1.82) is 0 Å². The zero-order chi connectivity index (χ0) is 20.5. The summed E-state index contributed by atoms with van der Waals surface area (Å²) in [6.07, 6.45) is -3.26. The molecule has 1 atom stereocenters. The lowest BCUT2D eigenvalue weighted by Gasteiger charge is -2.30. The van der Waals surface area contributed by atoms with Crippen LogP contribution in [0.1, 0.15) is 12.0 Å². The Bertz CT molecular complexity index is 1020. The van der Waals surface area contributed by atoms with Crippen molar-refractivity contribution < 1.29 is 18.0 Å². The maximum absolute atomic E-state index is 14.0. The van der Waals surface area contributed by atoms with Crippen LogP contribution in [0.25, 0.3) is 10.9 Å². The summed E-state index contributed by atoms with van der Waals surface area (Å²) in [5, 5.41) is 3.25. The van der Waals surface area contributed by atoms with Crippen molar-refractivity contribution in [3.63, 3.8) is 0 Å². The van der Waals surface area contributed by atoms with E-state index in [0.717, 1.165) is 10.9 Å². The van der Waals surface area contributed by atoms with Gasteiger partial charge in [-0.15, -0.1) is 0 Å². The molecule has 1 saturated heterocycles. The smallest absolute Gasteiger partial charge is 0.325 e. The Morgan fingerprint density at radius 3 is 2.66 bits per heavy atom. The first-order valence-electron chi connectivity index (χ1n) is 9.37. The molecule has 1 aliphatic rings. The molecule has 1 aliphatic heterocycles. The van der Waals surface area contributed by atoms with E-state index in [0.29, 0.717) is 17.7 Å². The monoisotopic (exact) mass is 399 g/mol. The minimum absolute atomic E-state index is 0.212. The molecule has 1 fully saturated rings. The maximum atomic E-state index is 14.0. The highest BCUT2D eigenvalue weighted by Crippen LogP contribution is 2.46. The van der Waals surface area contributed by atoms with Gasteiger partial charge in [-0.25, -0.2) is 0 Å². The average Bonchev–Trinajstić information content (AvgIpc) is 3.14. The predicted molar refractivity (Wildman–Crippen MR) is 105 cm³/mol. The third kappa shape index (κ3) is 3.82. The molecule has 1 unspecified atom stereocenters. The molecular formula is C22H20F3N3O. The molecule has 0 spiro atoms. The number of fused-ring (bicyclic) bond motifs is 1. The Morgan fingerprint density at radius 2 is 1.90 bits per heavy atom. The van der Waals surface area contributed by atoms with Crippen LogP contribution < -0.4 is 5.32 Å². The number of carbonyl (C=O) groups is 1. The lowest BCUT2D eigenvalue weighted by molar-refractivity contribution is -0.215. The largest absolute Gasteiger partial charge is 0.404 e. The van der Waals surface area contributed by atoms with Crippen molar-refractivity contribution in [1.82, 2.24) is 9.88 Å². The molecule has 0 aliphatic carbocycles. The molecule has 1 amide bonds. The number of alkyl halides is 3. The van der Waals surface area contributed by atoms with Gasteiger partial charge in [0.2, 0.25) is 5.91 Å². The summed E-state index contributed by atoms with van der Waals surface area (Å²) in [5.41, 5.74) is -0.453. The molecule has 1 N–H and O–H groups in total. The normalized spacial score (nSPS) is 20.1. The second-order valence-electron chi connectivity index (χ2n) is 7.39. The van der Waals surface area contributed by atoms with Crippen LogP contribution in [0.5, 0.6) is 0 Å². The van der Waals surface area contributed by atoms with Crippen molar-refractivity contribution in [2.75, 3.05) is 18.4 Å². The molecule has 2 heterocycles. The number of aromatic nitrogens is 1. The summed E-state index contributed by atoms with van der Waals surface area (Å²) in [7, 11) is 0. The number of anilines is 1. The summed E-state index contributed by atoms with van der Waals surface area (Å²) in [4.78, 5) is 18.7. The highest BCUT2D eigenvalue weighted by atomic mass is 19.4. The lowest BCUT2D eigenvalue weighted by Crippen LogP contribution is -2.49. The van der Waals surface area contributed by atoms with Crippen LogP contribution in [-0.2, 0) is 11.3 Å². The van der Waals surface area contributed by atoms with Gasteiger partial charge in [-0.1, -0.05) is 36.4 Å². The average molecular weight is 399 g/mol. The summed E-state index contributed by atoms with van der Waals surface area (Å²) in [5.74, 6) is -1.01. The molecule has 29 heavy (non-hydrogen) atoms. The number of carbonyl (C=O) groups excluding carboxylic acids is 1. The number of hydrogen-bond acceptors (Lipinski definition) is 3. The standard InChI is InChI=1S/C22H20F3N3O/c23-22(24,25)21(10-12-28(15-21)14-16-5-2-1-3-6-16)20(29)27-18-8-9-19-17(13-18)7-4-11-26-19/h1-9,11,13H,10,12,14-15H2,(H,27,29). The van der Waals surface area contributed by atoms with E-state index in [2.05, 4.69) is 10.3 Å². The number of pyridine rings is 1. The number of halogens is 3. The molecule has 4 rings (SSSR count). The van der Waals surface area contributed by atoms with Gasteiger partial charge < -0.3 is 5.32 Å². The topological polar surface area (TPSA) is 45.2 Å². The van der Waals surface area contributed by atoms with E-state index in [4.69, 9.17) is 0 Å². The highest BCUT2D eigenvalue weighted by molar-refractivity contribution is 5.98. The molecular weight excluding hydrogens is 379 g/mol. The molecule has 2 aromatic carbocycles. The van der Waals surface area contributed by atoms with E-state index in [9.17, 15) is 18.0 Å². The van der Waals surface area contributed by atoms with Gasteiger partial charge >= 0.3 is 6.18 Å². The van der Waals surface area contributed by atoms with Gasteiger partial charge in [0, 0.05) is 30.4 Å². The van der Waals surface area contributed by atoms with Crippen molar-refractivity contribution in [2.24, 2.45) is 5.41 Å². The van der Waals surface area contributed by atoms with Crippen LogP contribution in [-0.4, -0.2) is 35.1 Å². The van der Waals surface area contributed by atoms with Crippen LogP contribution in [0.3, 0.4) is 0 Å². The maximum Gasteiger partial charge on any atom is 0.404 e.